The van der Waals surface area contributed by atoms with Crippen molar-refractivity contribution in [3.8, 4) is 0 Å². The minimum atomic E-state index is 0.327. The normalized spacial score (nSPS) is 19.4. The zero-order valence-electron chi connectivity index (χ0n) is 10.1. The van der Waals surface area contributed by atoms with Crippen molar-refractivity contribution in [2.45, 2.75) is 31.9 Å². The molecule has 88 valence electrons. The quantitative estimate of drug-likeness (QED) is 0.794. The van der Waals surface area contributed by atoms with Gasteiger partial charge in [0.05, 0.1) is 12.1 Å². The minimum Gasteiger partial charge on any atom is -0.376 e. The predicted molar refractivity (Wildman–Crippen MR) is 66.4 cm³/mol. The Labute approximate surface area is 98.0 Å². The summed E-state index contributed by atoms with van der Waals surface area (Å²) in [6, 6.07) is 10.9. The van der Waals surface area contributed by atoms with Gasteiger partial charge in [-0.3, -0.25) is 0 Å². The van der Waals surface area contributed by atoms with E-state index in [1.807, 2.05) is 7.05 Å². The van der Waals surface area contributed by atoms with Crippen molar-refractivity contribution in [2.24, 2.45) is 5.92 Å². The van der Waals surface area contributed by atoms with Crippen LogP contribution in [-0.2, 0) is 4.74 Å². The summed E-state index contributed by atoms with van der Waals surface area (Å²) < 4.78 is 5.91. The summed E-state index contributed by atoms with van der Waals surface area (Å²) in [5, 5.41) is 3.40. The fourth-order valence-corrected chi connectivity index (χ4v) is 2.30. The van der Waals surface area contributed by atoms with E-state index in [-0.39, 0.29) is 0 Å². The van der Waals surface area contributed by atoms with E-state index in [4.69, 9.17) is 4.74 Å². The van der Waals surface area contributed by atoms with Gasteiger partial charge in [0.25, 0.3) is 0 Å². The molecule has 1 aromatic rings. The van der Waals surface area contributed by atoms with Crippen LogP contribution in [0.5, 0.6) is 0 Å². The van der Waals surface area contributed by atoms with Gasteiger partial charge in [-0.25, -0.2) is 0 Å². The van der Waals surface area contributed by atoms with Crippen LogP contribution in [0.25, 0.3) is 0 Å². The third kappa shape index (κ3) is 2.63. The van der Waals surface area contributed by atoms with Crippen LogP contribution in [0.1, 0.15) is 31.4 Å². The van der Waals surface area contributed by atoms with Gasteiger partial charge in [-0.05, 0) is 38.3 Å². The van der Waals surface area contributed by atoms with Gasteiger partial charge in [-0.15, -0.1) is 0 Å². The van der Waals surface area contributed by atoms with E-state index in [9.17, 15) is 0 Å². The molecule has 1 aromatic carbocycles. The van der Waals surface area contributed by atoms with Gasteiger partial charge in [0.15, 0.2) is 0 Å². The Kier molecular flexibility index (Phi) is 3.97. The average Bonchev–Trinajstić information content (AvgIpc) is 3.14. The number of nitrogens with one attached hydrogen (secondary N) is 1. The summed E-state index contributed by atoms with van der Waals surface area (Å²) in [4.78, 5) is 0. The Hall–Kier alpha value is -0.860. The second-order valence-electron chi connectivity index (χ2n) is 4.43. The molecule has 2 nitrogen and oxygen atoms in total. The van der Waals surface area contributed by atoms with E-state index in [1.165, 1.54) is 18.4 Å². The Morgan fingerprint density at radius 3 is 2.50 bits per heavy atom. The first-order valence-corrected chi connectivity index (χ1v) is 6.20. The molecular formula is C14H21NO. The SMILES string of the molecule is CCOC(C1CC1)C(NC)c1ccccc1. The second kappa shape index (κ2) is 5.46. The summed E-state index contributed by atoms with van der Waals surface area (Å²) in [5.74, 6) is 0.748. The van der Waals surface area contributed by atoms with E-state index in [1.54, 1.807) is 0 Å². The summed E-state index contributed by atoms with van der Waals surface area (Å²) in [7, 11) is 2.02. The third-order valence-electron chi connectivity index (χ3n) is 3.24. The summed E-state index contributed by atoms with van der Waals surface area (Å²) in [5.41, 5.74) is 1.33. The highest BCUT2D eigenvalue weighted by Gasteiger charge is 2.37. The molecule has 2 heteroatoms. The first-order valence-electron chi connectivity index (χ1n) is 6.20. The average molecular weight is 219 g/mol. The molecule has 0 saturated heterocycles. The van der Waals surface area contributed by atoms with Crippen LogP contribution in [0.15, 0.2) is 30.3 Å². The first kappa shape index (κ1) is 11.6. The molecule has 0 bridgehead atoms. The van der Waals surface area contributed by atoms with Crippen LogP contribution in [-0.4, -0.2) is 19.8 Å². The molecule has 0 spiro atoms. The maximum Gasteiger partial charge on any atom is 0.0797 e. The molecule has 0 radical (unpaired) electrons. The monoisotopic (exact) mass is 219 g/mol. The number of rotatable bonds is 6. The van der Waals surface area contributed by atoms with Gasteiger partial charge in [0, 0.05) is 6.61 Å². The molecule has 16 heavy (non-hydrogen) atoms. The molecule has 0 amide bonds. The van der Waals surface area contributed by atoms with Crippen LogP contribution >= 0.6 is 0 Å². The topological polar surface area (TPSA) is 21.3 Å². The van der Waals surface area contributed by atoms with Crippen LogP contribution in [0.4, 0.5) is 0 Å². The molecule has 0 heterocycles. The highest BCUT2D eigenvalue weighted by Crippen LogP contribution is 2.39. The van der Waals surface area contributed by atoms with Crippen LogP contribution < -0.4 is 5.32 Å². The molecule has 1 N–H and O–H groups in total. The number of ether oxygens (including phenoxy) is 1. The van der Waals surface area contributed by atoms with Crippen LogP contribution in [0.3, 0.4) is 0 Å². The van der Waals surface area contributed by atoms with Crippen molar-refractivity contribution in [3.63, 3.8) is 0 Å². The second-order valence-corrected chi connectivity index (χ2v) is 4.43. The summed E-state index contributed by atoms with van der Waals surface area (Å²) in [6.45, 7) is 2.87. The largest absolute Gasteiger partial charge is 0.376 e. The van der Waals surface area contributed by atoms with E-state index in [2.05, 4.69) is 42.6 Å². The zero-order chi connectivity index (χ0) is 11.4. The van der Waals surface area contributed by atoms with E-state index < -0.39 is 0 Å². The maximum absolute atomic E-state index is 5.91. The van der Waals surface area contributed by atoms with E-state index in [0.29, 0.717) is 12.1 Å². The lowest BCUT2D eigenvalue weighted by Gasteiger charge is -2.27. The molecule has 0 aromatic heterocycles. The Morgan fingerprint density at radius 1 is 1.31 bits per heavy atom. The van der Waals surface area contributed by atoms with Gasteiger partial charge >= 0.3 is 0 Å². The molecule has 0 aliphatic heterocycles. The molecule has 1 aliphatic rings. The van der Waals surface area contributed by atoms with Gasteiger partial charge < -0.3 is 10.1 Å². The van der Waals surface area contributed by atoms with Crippen molar-refractivity contribution >= 4 is 0 Å². The Balaban J connectivity index is 2.13. The number of hydrogen-bond acceptors (Lipinski definition) is 2. The lowest BCUT2D eigenvalue weighted by atomic mass is 9.98. The Bertz CT molecular complexity index is 308. The number of likely N-dealkylation sites (N-methyl/N-ethyl adjacent to an activating group) is 1. The first-order chi connectivity index (χ1) is 7.86. The molecule has 1 fully saturated rings. The molecule has 2 atom stereocenters. The molecule has 2 unspecified atom stereocenters. The molecular weight excluding hydrogens is 198 g/mol. The van der Waals surface area contributed by atoms with Gasteiger partial charge in [-0.1, -0.05) is 30.3 Å². The standard InChI is InChI=1S/C14H21NO/c1-3-16-14(12-9-10-12)13(15-2)11-7-5-4-6-8-11/h4-8,12-15H,3,9-10H2,1-2H3. The van der Waals surface area contributed by atoms with Crippen molar-refractivity contribution in [2.75, 3.05) is 13.7 Å². The maximum atomic E-state index is 5.91. The summed E-state index contributed by atoms with van der Waals surface area (Å²) in [6.07, 6.45) is 2.96. The zero-order valence-corrected chi connectivity index (χ0v) is 10.1. The number of benzene rings is 1. The fraction of sp³-hybridized carbons (Fsp3) is 0.571. The van der Waals surface area contributed by atoms with Crippen molar-refractivity contribution in [3.05, 3.63) is 35.9 Å². The van der Waals surface area contributed by atoms with E-state index >= 15 is 0 Å². The van der Waals surface area contributed by atoms with Crippen molar-refractivity contribution in [1.82, 2.24) is 5.32 Å². The minimum absolute atomic E-state index is 0.327. The Morgan fingerprint density at radius 2 is 2.00 bits per heavy atom. The predicted octanol–water partition coefficient (Wildman–Crippen LogP) is 2.76. The molecule has 2 rings (SSSR count). The van der Waals surface area contributed by atoms with Gasteiger partial charge in [0.2, 0.25) is 0 Å². The number of hydrogen-bond donors (Lipinski definition) is 1. The summed E-state index contributed by atoms with van der Waals surface area (Å²) >= 11 is 0. The van der Waals surface area contributed by atoms with E-state index in [0.717, 1.165) is 12.5 Å². The third-order valence-corrected chi connectivity index (χ3v) is 3.24. The lowest BCUT2D eigenvalue weighted by molar-refractivity contribution is 0.0205. The molecule has 1 saturated carbocycles. The van der Waals surface area contributed by atoms with Gasteiger partial charge in [0.1, 0.15) is 0 Å². The smallest absolute Gasteiger partial charge is 0.0797 e. The highest BCUT2D eigenvalue weighted by atomic mass is 16.5. The van der Waals surface area contributed by atoms with Crippen molar-refractivity contribution < 1.29 is 4.74 Å². The van der Waals surface area contributed by atoms with Crippen LogP contribution in [0, 0.1) is 5.92 Å². The lowest BCUT2D eigenvalue weighted by Crippen LogP contribution is -2.33. The van der Waals surface area contributed by atoms with Gasteiger partial charge in [-0.2, -0.15) is 0 Å². The fourth-order valence-electron chi connectivity index (χ4n) is 2.30. The van der Waals surface area contributed by atoms with Crippen molar-refractivity contribution in [1.29, 1.82) is 0 Å². The van der Waals surface area contributed by atoms with Crippen LogP contribution in [0.2, 0.25) is 0 Å². The highest BCUT2D eigenvalue weighted by molar-refractivity contribution is 5.21. The molecule has 1 aliphatic carbocycles.